The molecule has 1 aliphatic heterocycles. The smallest absolute Gasteiger partial charge is 0.251 e. The van der Waals surface area contributed by atoms with Crippen molar-refractivity contribution in [2.75, 3.05) is 5.32 Å². The zero-order valence-electron chi connectivity index (χ0n) is 15.1. The van der Waals surface area contributed by atoms with Crippen molar-refractivity contribution in [1.82, 2.24) is 4.57 Å². The predicted octanol–water partition coefficient (Wildman–Crippen LogP) is 4.71. The second kappa shape index (κ2) is 6.34. The molecule has 0 atom stereocenters. The minimum Gasteiger partial charge on any atom is -0.448 e. The van der Waals surface area contributed by atoms with E-state index in [2.05, 4.69) is 28.1 Å². The standard InChI is InChI=1S/C22H22N2O3/c25-21(10-14-24-13-9-16-5-1-2-6-18(16)24)23-17-7-8-19-20(15-17)27-22(26-19)11-3-4-12-22/h1-2,5-9,13,15H,3-4,10-12,14H2,(H,23,25). The molecule has 0 unspecified atom stereocenters. The van der Waals surface area contributed by atoms with Gasteiger partial charge < -0.3 is 19.4 Å². The van der Waals surface area contributed by atoms with Crippen molar-refractivity contribution < 1.29 is 14.3 Å². The lowest BCUT2D eigenvalue weighted by Crippen LogP contribution is -2.34. The lowest BCUT2D eigenvalue weighted by molar-refractivity contribution is -0.116. The Morgan fingerprint density at radius 1 is 1.04 bits per heavy atom. The highest BCUT2D eigenvalue weighted by Gasteiger charge is 2.44. The highest BCUT2D eigenvalue weighted by Crippen LogP contribution is 2.47. The van der Waals surface area contributed by atoms with Crippen molar-refractivity contribution in [3.63, 3.8) is 0 Å². The number of anilines is 1. The summed E-state index contributed by atoms with van der Waals surface area (Å²) in [6, 6.07) is 15.9. The Morgan fingerprint density at radius 2 is 1.85 bits per heavy atom. The molecule has 2 aromatic carbocycles. The predicted molar refractivity (Wildman–Crippen MR) is 104 cm³/mol. The summed E-state index contributed by atoms with van der Waals surface area (Å²) in [6.07, 6.45) is 6.55. The number of para-hydroxylation sites is 1. The number of aryl methyl sites for hydroxylation is 1. The zero-order valence-corrected chi connectivity index (χ0v) is 15.1. The maximum Gasteiger partial charge on any atom is 0.251 e. The van der Waals surface area contributed by atoms with Crippen LogP contribution >= 0.6 is 0 Å². The van der Waals surface area contributed by atoms with Crippen molar-refractivity contribution in [3.8, 4) is 11.5 Å². The monoisotopic (exact) mass is 362 g/mol. The van der Waals surface area contributed by atoms with Crippen LogP contribution in [0, 0.1) is 0 Å². The van der Waals surface area contributed by atoms with Crippen molar-refractivity contribution in [3.05, 3.63) is 54.7 Å². The van der Waals surface area contributed by atoms with Crippen molar-refractivity contribution in [1.29, 1.82) is 0 Å². The molecule has 2 aliphatic rings. The fourth-order valence-electron chi connectivity index (χ4n) is 4.07. The van der Waals surface area contributed by atoms with E-state index in [0.717, 1.165) is 48.4 Å². The molecule has 27 heavy (non-hydrogen) atoms. The molecule has 0 saturated heterocycles. The Balaban J connectivity index is 1.23. The van der Waals surface area contributed by atoms with Gasteiger partial charge in [0.15, 0.2) is 11.5 Å². The van der Waals surface area contributed by atoms with Gasteiger partial charge in [0.25, 0.3) is 5.79 Å². The maximum absolute atomic E-state index is 12.4. The molecule has 0 radical (unpaired) electrons. The van der Waals surface area contributed by atoms with E-state index < -0.39 is 5.79 Å². The second-order valence-electron chi connectivity index (χ2n) is 7.35. The molecule has 138 valence electrons. The molecule has 1 fully saturated rings. The Morgan fingerprint density at radius 3 is 2.74 bits per heavy atom. The molecule has 1 aromatic heterocycles. The summed E-state index contributed by atoms with van der Waals surface area (Å²) in [5, 5.41) is 4.16. The average Bonchev–Trinajstić information content (AvgIpc) is 3.38. The van der Waals surface area contributed by atoms with E-state index in [1.54, 1.807) is 0 Å². The molecule has 1 aliphatic carbocycles. The number of nitrogens with one attached hydrogen (secondary N) is 1. The van der Waals surface area contributed by atoms with E-state index in [-0.39, 0.29) is 5.91 Å². The van der Waals surface area contributed by atoms with E-state index in [1.165, 1.54) is 5.39 Å². The number of hydrogen-bond acceptors (Lipinski definition) is 3. The van der Waals surface area contributed by atoms with Gasteiger partial charge in [-0.05, 0) is 42.5 Å². The Hall–Kier alpha value is -2.95. The van der Waals surface area contributed by atoms with E-state index in [1.807, 2.05) is 36.5 Å². The van der Waals surface area contributed by atoms with Gasteiger partial charge in [-0.25, -0.2) is 0 Å². The van der Waals surface area contributed by atoms with E-state index in [9.17, 15) is 4.79 Å². The van der Waals surface area contributed by atoms with Crippen LogP contribution in [-0.2, 0) is 11.3 Å². The molecule has 5 heteroatoms. The van der Waals surface area contributed by atoms with Crippen molar-refractivity contribution in [2.45, 2.75) is 44.4 Å². The summed E-state index contributed by atoms with van der Waals surface area (Å²) in [5.41, 5.74) is 1.89. The van der Waals surface area contributed by atoms with Gasteiger partial charge in [-0.1, -0.05) is 18.2 Å². The number of aromatic nitrogens is 1. The number of hydrogen-bond donors (Lipinski definition) is 1. The Labute approximate surface area is 157 Å². The minimum atomic E-state index is -0.472. The van der Waals surface area contributed by atoms with Crippen LogP contribution in [0.4, 0.5) is 5.69 Å². The maximum atomic E-state index is 12.4. The van der Waals surface area contributed by atoms with Gasteiger partial charge in [-0.2, -0.15) is 0 Å². The van der Waals surface area contributed by atoms with Gasteiger partial charge in [-0.3, -0.25) is 4.79 Å². The van der Waals surface area contributed by atoms with Crippen LogP contribution < -0.4 is 14.8 Å². The normalized spacial score (nSPS) is 16.9. The largest absolute Gasteiger partial charge is 0.448 e. The molecule has 2 heterocycles. The number of ether oxygens (including phenoxy) is 2. The van der Waals surface area contributed by atoms with Crippen LogP contribution in [0.5, 0.6) is 11.5 Å². The summed E-state index contributed by atoms with van der Waals surface area (Å²) in [6.45, 7) is 0.646. The van der Waals surface area contributed by atoms with Crippen LogP contribution in [0.2, 0.25) is 0 Å². The first kappa shape index (κ1) is 16.2. The van der Waals surface area contributed by atoms with Crippen LogP contribution in [0.1, 0.15) is 32.1 Å². The second-order valence-corrected chi connectivity index (χ2v) is 7.35. The highest BCUT2D eigenvalue weighted by atomic mass is 16.7. The molecule has 5 rings (SSSR count). The number of nitrogens with zero attached hydrogens (tertiary/aromatic N) is 1. The third kappa shape index (κ3) is 3.03. The fraction of sp³-hybridized carbons (Fsp3) is 0.318. The lowest BCUT2D eigenvalue weighted by atomic mass is 10.2. The number of carbonyl (C=O) groups is 1. The van der Waals surface area contributed by atoms with Gasteiger partial charge in [0.05, 0.1) is 0 Å². The Kier molecular flexibility index (Phi) is 3.81. The van der Waals surface area contributed by atoms with E-state index in [4.69, 9.17) is 9.47 Å². The van der Waals surface area contributed by atoms with Crippen LogP contribution in [0.15, 0.2) is 54.7 Å². The van der Waals surface area contributed by atoms with Gasteiger partial charge in [-0.15, -0.1) is 0 Å². The third-order valence-electron chi connectivity index (χ3n) is 5.44. The summed E-state index contributed by atoms with van der Waals surface area (Å²) in [4.78, 5) is 12.4. The molecule has 1 saturated carbocycles. The quantitative estimate of drug-likeness (QED) is 0.731. The van der Waals surface area contributed by atoms with Gasteiger partial charge in [0.2, 0.25) is 5.91 Å². The lowest BCUT2D eigenvalue weighted by Gasteiger charge is -2.21. The first-order valence-corrected chi connectivity index (χ1v) is 9.57. The molecule has 1 amide bonds. The number of carbonyl (C=O) groups excluding carboxylic acids is 1. The number of benzene rings is 2. The van der Waals surface area contributed by atoms with Crippen molar-refractivity contribution in [2.24, 2.45) is 0 Å². The first-order chi connectivity index (χ1) is 13.2. The summed E-state index contributed by atoms with van der Waals surface area (Å²) in [5.74, 6) is 1.02. The minimum absolute atomic E-state index is 0.0118. The van der Waals surface area contributed by atoms with E-state index >= 15 is 0 Å². The van der Waals surface area contributed by atoms with E-state index in [0.29, 0.717) is 13.0 Å². The van der Waals surface area contributed by atoms with Crippen LogP contribution in [-0.4, -0.2) is 16.3 Å². The molecule has 1 N–H and O–H groups in total. The summed E-state index contributed by atoms with van der Waals surface area (Å²) < 4.78 is 14.2. The molecule has 0 bridgehead atoms. The third-order valence-corrected chi connectivity index (χ3v) is 5.44. The molecular weight excluding hydrogens is 340 g/mol. The number of amides is 1. The SMILES string of the molecule is O=C(CCn1ccc2ccccc21)Nc1ccc2c(c1)OC1(CCCC1)O2. The average molecular weight is 362 g/mol. The topological polar surface area (TPSA) is 52.5 Å². The van der Waals surface area contributed by atoms with Crippen molar-refractivity contribution >= 4 is 22.5 Å². The zero-order chi connectivity index (χ0) is 18.3. The fourth-order valence-corrected chi connectivity index (χ4v) is 4.07. The Bertz CT molecular complexity index is 1000. The summed E-state index contributed by atoms with van der Waals surface area (Å²) in [7, 11) is 0. The first-order valence-electron chi connectivity index (χ1n) is 9.57. The van der Waals surface area contributed by atoms with Gasteiger partial charge in [0.1, 0.15) is 0 Å². The molecular formula is C22H22N2O3. The van der Waals surface area contributed by atoms with Crippen LogP contribution in [0.3, 0.4) is 0 Å². The number of rotatable bonds is 4. The molecule has 3 aromatic rings. The summed E-state index contributed by atoms with van der Waals surface area (Å²) >= 11 is 0. The van der Waals surface area contributed by atoms with Crippen LogP contribution in [0.25, 0.3) is 10.9 Å². The van der Waals surface area contributed by atoms with Gasteiger partial charge >= 0.3 is 0 Å². The highest BCUT2D eigenvalue weighted by molar-refractivity contribution is 5.91. The van der Waals surface area contributed by atoms with Gasteiger partial charge in [0, 0.05) is 49.3 Å². The molecule has 1 spiro atoms. The molecule has 5 nitrogen and oxygen atoms in total. The number of fused-ring (bicyclic) bond motifs is 2.